The van der Waals surface area contributed by atoms with Crippen molar-refractivity contribution in [1.29, 1.82) is 0 Å². The third kappa shape index (κ3) is 2.17. The maximum atomic E-state index is 11.1. The Morgan fingerprint density at radius 2 is 2.50 bits per heavy atom. The molecule has 68 valence electrons. The Hall–Kier alpha value is -0.640. The van der Waals surface area contributed by atoms with Crippen molar-refractivity contribution >= 4 is 11.8 Å². The van der Waals surface area contributed by atoms with E-state index in [2.05, 4.69) is 18.2 Å². The van der Waals surface area contributed by atoms with Gasteiger partial charge >= 0.3 is 5.69 Å². The van der Waals surface area contributed by atoms with Crippen molar-refractivity contribution in [3.8, 4) is 0 Å². The van der Waals surface area contributed by atoms with Gasteiger partial charge in [-0.1, -0.05) is 0 Å². The summed E-state index contributed by atoms with van der Waals surface area (Å²) in [4.78, 5) is 13.8. The van der Waals surface area contributed by atoms with E-state index in [0.717, 1.165) is 12.2 Å². The van der Waals surface area contributed by atoms with Crippen molar-refractivity contribution in [2.24, 2.45) is 0 Å². The minimum absolute atomic E-state index is 0.0106. The molecule has 0 aromatic carbocycles. The summed E-state index contributed by atoms with van der Waals surface area (Å²) in [5.74, 6) is 1.10. The Morgan fingerprint density at radius 1 is 1.75 bits per heavy atom. The second-order valence-electron chi connectivity index (χ2n) is 2.80. The van der Waals surface area contributed by atoms with Gasteiger partial charge < -0.3 is 4.98 Å². The third-order valence-corrected chi connectivity index (χ3v) is 2.54. The van der Waals surface area contributed by atoms with Gasteiger partial charge in [0.1, 0.15) is 0 Å². The predicted molar refractivity (Wildman–Crippen MR) is 52.8 cm³/mol. The summed E-state index contributed by atoms with van der Waals surface area (Å²) in [6.07, 6.45) is 6.59. The standard InChI is InChI=1S/C8H14N2OS/c1-7(3-6-12-2)10-5-4-9-8(10)11/h4-5,7H,3,6H2,1-2H3,(H,9,11). The summed E-state index contributed by atoms with van der Waals surface area (Å²) < 4.78 is 1.73. The lowest BCUT2D eigenvalue weighted by molar-refractivity contribution is 0.519. The Morgan fingerprint density at radius 3 is 3.00 bits per heavy atom. The number of hydrogen-bond acceptors (Lipinski definition) is 2. The molecule has 0 aliphatic rings. The van der Waals surface area contributed by atoms with Crippen molar-refractivity contribution < 1.29 is 0 Å². The van der Waals surface area contributed by atoms with Crippen LogP contribution in [0.5, 0.6) is 0 Å². The van der Waals surface area contributed by atoms with Crippen LogP contribution in [0.15, 0.2) is 17.2 Å². The molecule has 4 heteroatoms. The summed E-state index contributed by atoms with van der Waals surface area (Å²) in [5.41, 5.74) is -0.0106. The second kappa shape index (κ2) is 4.40. The van der Waals surface area contributed by atoms with Gasteiger partial charge in [0, 0.05) is 18.4 Å². The fraction of sp³-hybridized carbons (Fsp3) is 0.625. The van der Waals surface area contributed by atoms with E-state index in [1.807, 2.05) is 11.8 Å². The highest BCUT2D eigenvalue weighted by Crippen LogP contribution is 2.10. The summed E-state index contributed by atoms with van der Waals surface area (Å²) in [6, 6.07) is 0.302. The van der Waals surface area contributed by atoms with Gasteiger partial charge in [0.2, 0.25) is 0 Å². The molecule has 1 rings (SSSR count). The van der Waals surface area contributed by atoms with Gasteiger partial charge in [0.05, 0.1) is 0 Å². The van der Waals surface area contributed by atoms with E-state index in [1.165, 1.54) is 0 Å². The highest BCUT2D eigenvalue weighted by Gasteiger charge is 2.05. The number of rotatable bonds is 4. The van der Waals surface area contributed by atoms with Crippen molar-refractivity contribution in [3.63, 3.8) is 0 Å². The van der Waals surface area contributed by atoms with Crippen molar-refractivity contribution in [1.82, 2.24) is 9.55 Å². The van der Waals surface area contributed by atoms with E-state index in [1.54, 1.807) is 17.0 Å². The number of hydrogen-bond donors (Lipinski definition) is 1. The zero-order valence-corrected chi connectivity index (χ0v) is 8.23. The van der Waals surface area contributed by atoms with Crippen LogP contribution in [0, 0.1) is 0 Å². The number of thioether (sulfide) groups is 1. The zero-order chi connectivity index (χ0) is 8.97. The maximum Gasteiger partial charge on any atom is 0.325 e. The molecule has 0 saturated carbocycles. The largest absolute Gasteiger partial charge is 0.325 e. The molecule has 12 heavy (non-hydrogen) atoms. The van der Waals surface area contributed by atoms with Crippen LogP contribution < -0.4 is 5.69 Å². The second-order valence-corrected chi connectivity index (χ2v) is 3.79. The lowest BCUT2D eigenvalue weighted by Crippen LogP contribution is -2.20. The molecular formula is C8H14N2OS. The first-order chi connectivity index (χ1) is 5.75. The molecule has 1 N–H and O–H groups in total. The van der Waals surface area contributed by atoms with Crippen LogP contribution in [-0.4, -0.2) is 21.6 Å². The predicted octanol–water partition coefficient (Wildman–Crippen LogP) is 1.49. The molecule has 0 amide bonds. The first-order valence-electron chi connectivity index (χ1n) is 4.00. The summed E-state index contributed by atoms with van der Waals surface area (Å²) in [6.45, 7) is 2.06. The monoisotopic (exact) mass is 186 g/mol. The molecule has 0 saturated heterocycles. The number of aromatic amines is 1. The number of aromatic nitrogens is 2. The molecular weight excluding hydrogens is 172 g/mol. The normalized spacial score (nSPS) is 13.2. The Labute approximate surface area is 76.2 Å². The molecule has 0 fully saturated rings. The van der Waals surface area contributed by atoms with Gasteiger partial charge in [-0.2, -0.15) is 11.8 Å². The topological polar surface area (TPSA) is 37.8 Å². The average Bonchev–Trinajstić information content (AvgIpc) is 2.47. The molecule has 0 spiro atoms. The minimum Gasteiger partial charge on any atom is -0.313 e. The fourth-order valence-corrected chi connectivity index (χ4v) is 1.68. The summed E-state index contributed by atoms with van der Waals surface area (Å²) >= 11 is 1.81. The van der Waals surface area contributed by atoms with Crippen LogP contribution in [0.4, 0.5) is 0 Å². The van der Waals surface area contributed by atoms with Gasteiger partial charge in [0.15, 0.2) is 0 Å². The summed E-state index contributed by atoms with van der Waals surface area (Å²) in [5, 5.41) is 0. The van der Waals surface area contributed by atoms with Gasteiger partial charge in [-0.3, -0.25) is 4.57 Å². The van der Waals surface area contributed by atoms with Crippen LogP contribution in [0.3, 0.4) is 0 Å². The number of nitrogens with zero attached hydrogens (tertiary/aromatic N) is 1. The lowest BCUT2D eigenvalue weighted by Gasteiger charge is -2.10. The molecule has 1 heterocycles. The highest BCUT2D eigenvalue weighted by atomic mass is 32.2. The quantitative estimate of drug-likeness (QED) is 0.773. The molecule has 0 radical (unpaired) electrons. The highest BCUT2D eigenvalue weighted by molar-refractivity contribution is 7.98. The zero-order valence-electron chi connectivity index (χ0n) is 7.41. The van der Waals surface area contributed by atoms with E-state index >= 15 is 0 Å². The molecule has 0 aliphatic carbocycles. The van der Waals surface area contributed by atoms with Crippen molar-refractivity contribution in [2.75, 3.05) is 12.0 Å². The number of imidazole rings is 1. The smallest absolute Gasteiger partial charge is 0.313 e. The SMILES string of the molecule is CSCCC(C)n1cc[nH]c1=O. The molecule has 0 bridgehead atoms. The molecule has 1 aromatic heterocycles. The number of nitrogens with one attached hydrogen (secondary N) is 1. The molecule has 1 atom stereocenters. The lowest BCUT2D eigenvalue weighted by atomic mass is 10.2. The third-order valence-electron chi connectivity index (χ3n) is 1.89. The summed E-state index contributed by atoms with van der Waals surface area (Å²) in [7, 11) is 0. The fourth-order valence-electron chi connectivity index (χ4n) is 1.11. The first kappa shape index (κ1) is 9.45. The van der Waals surface area contributed by atoms with Crippen molar-refractivity contribution in [3.05, 3.63) is 22.9 Å². The van der Waals surface area contributed by atoms with Gasteiger partial charge in [0.25, 0.3) is 0 Å². The van der Waals surface area contributed by atoms with Crippen LogP contribution in [-0.2, 0) is 0 Å². The van der Waals surface area contributed by atoms with Gasteiger partial charge in [-0.05, 0) is 25.4 Å². The number of H-pyrrole nitrogens is 1. The first-order valence-corrected chi connectivity index (χ1v) is 5.39. The maximum absolute atomic E-state index is 11.1. The Bertz CT molecular complexity index is 279. The molecule has 1 aromatic rings. The Balaban J connectivity index is 2.59. The van der Waals surface area contributed by atoms with Crippen molar-refractivity contribution in [2.45, 2.75) is 19.4 Å². The van der Waals surface area contributed by atoms with E-state index in [4.69, 9.17) is 0 Å². The van der Waals surface area contributed by atoms with E-state index < -0.39 is 0 Å². The van der Waals surface area contributed by atoms with Gasteiger partial charge in [-0.25, -0.2) is 4.79 Å². The van der Waals surface area contributed by atoms with Crippen LogP contribution in [0.2, 0.25) is 0 Å². The minimum atomic E-state index is -0.0106. The molecule has 0 aliphatic heterocycles. The molecule has 3 nitrogen and oxygen atoms in total. The van der Waals surface area contributed by atoms with E-state index in [-0.39, 0.29) is 5.69 Å². The van der Waals surface area contributed by atoms with E-state index in [9.17, 15) is 4.79 Å². The van der Waals surface area contributed by atoms with Crippen LogP contribution in [0.1, 0.15) is 19.4 Å². The van der Waals surface area contributed by atoms with Crippen LogP contribution >= 0.6 is 11.8 Å². The Kier molecular flexibility index (Phi) is 3.47. The van der Waals surface area contributed by atoms with Gasteiger partial charge in [-0.15, -0.1) is 0 Å². The molecule has 1 unspecified atom stereocenters. The van der Waals surface area contributed by atoms with E-state index in [0.29, 0.717) is 6.04 Å². The van der Waals surface area contributed by atoms with Crippen LogP contribution in [0.25, 0.3) is 0 Å². The average molecular weight is 186 g/mol.